The lowest BCUT2D eigenvalue weighted by atomic mass is 9.68. The maximum absolute atomic E-state index is 12.0. The number of ether oxygens (including phenoxy) is 1. The van der Waals surface area contributed by atoms with Crippen LogP contribution in [0, 0.1) is 11.8 Å². The van der Waals surface area contributed by atoms with Crippen LogP contribution in [0.1, 0.15) is 66.9 Å². The van der Waals surface area contributed by atoms with E-state index in [9.17, 15) is 15.0 Å². The highest BCUT2D eigenvalue weighted by molar-refractivity contribution is 6.33. The standard InChI is InChI=1S/C30H35Cl2NO4/c1-2-3-4-7-27(34)22-10-8-20(22)16-33-17-30(12-5-6-19-13-21(31)9-11-24(19)30)18-37-28-15-25(32)23(29(35)36)14-26(28)33/h4,7,9,11,13-15,20,22,27,34H,2-3,5-6,8,10,12,16-18H2,1H3,(H,35,36)/b7-4+/t20-,22+,27-,30-/m0/s1. The first kappa shape index (κ1) is 26.4. The minimum Gasteiger partial charge on any atom is -0.490 e. The van der Waals surface area contributed by atoms with E-state index in [1.54, 1.807) is 12.1 Å². The normalized spacial score (nSPS) is 25.7. The summed E-state index contributed by atoms with van der Waals surface area (Å²) in [6.45, 7) is 4.06. The lowest BCUT2D eigenvalue weighted by molar-refractivity contribution is 0.0456. The third-order valence-corrected chi connectivity index (χ3v) is 9.06. The molecule has 5 nitrogen and oxygen atoms in total. The molecule has 2 aromatic carbocycles. The van der Waals surface area contributed by atoms with Gasteiger partial charge in [0.05, 0.1) is 29.0 Å². The summed E-state index contributed by atoms with van der Waals surface area (Å²) in [6, 6.07) is 9.48. The molecule has 1 spiro atoms. The zero-order chi connectivity index (χ0) is 26.2. The topological polar surface area (TPSA) is 70.0 Å². The van der Waals surface area contributed by atoms with Crippen molar-refractivity contribution >= 4 is 34.9 Å². The molecule has 3 aliphatic rings. The Balaban J connectivity index is 1.51. The number of carbonyl (C=O) groups is 1. The number of fused-ring (bicyclic) bond motifs is 3. The molecule has 1 heterocycles. The smallest absolute Gasteiger partial charge is 0.337 e. The summed E-state index contributed by atoms with van der Waals surface area (Å²) in [7, 11) is 0. The maximum Gasteiger partial charge on any atom is 0.337 e. The van der Waals surface area contributed by atoms with E-state index < -0.39 is 12.1 Å². The second kappa shape index (κ2) is 10.9. The number of carboxylic acid groups (broad SMARTS) is 1. The number of anilines is 1. The van der Waals surface area contributed by atoms with Crippen molar-refractivity contribution in [3.05, 3.63) is 69.2 Å². The minimum absolute atomic E-state index is 0.0773. The van der Waals surface area contributed by atoms with E-state index in [0.29, 0.717) is 24.8 Å². The van der Waals surface area contributed by atoms with Gasteiger partial charge in [-0.25, -0.2) is 4.79 Å². The van der Waals surface area contributed by atoms with Crippen LogP contribution in [-0.2, 0) is 11.8 Å². The number of hydrogen-bond acceptors (Lipinski definition) is 4. The average molecular weight is 545 g/mol. The summed E-state index contributed by atoms with van der Waals surface area (Å²) in [6.07, 6.45) is 10.6. The molecule has 0 bridgehead atoms. The Morgan fingerprint density at radius 3 is 2.84 bits per heavy atom. The third kappa shape index (κ3) is 5.23. The Hall–Kier alpha value is -2.21. The second-order valence-corrected chi connectivity index (χ2v) is 11.8. The molecule has 7 heteroatoms. The Labute approximate surface area is 229 Å². The number of benzene rings is 2. The first-order valence-corrected chi connectivity index (χ1v) is 14.1. The number of hydrogen-bond donors (Lipinski definition) is 2. The molecule has 0 unspecified atom stereocenters. The van der Waals surface area contributed by atoms with Gasteiger partial charge < -0.3 is 19.8 Å². The molecule has 198 valence electrons. The van der Waals surface area contributed by atoms with Gasteiger partial charge in [0, 0.05) is 29.6 Å². The molecule has 0 radical (unpaired) electrons. The van der Waals surface area contributed by atoms with Gasteiger partial charge >= 0.3 is 5.97 Å². The monoisotopic (exact) mass is 543 g/mol. The van der Waals surface area contributed by atoms with E-state index in [4.69, 9.17) is 27.9 Å². The maximum atomic E-state index is 12.0. The van der Waals surface area contributed by atoms with Gasteiger partial charge in [-0.15, -0.1) is 0 Å². The van der Waals surface area contributed by atoms with Crippen LogP contribution in [-0.4, -0.2) is 42.0 Å². The number of aryl methyl sites for hydroxylation is 1. The number of carboxylic acids is 1. The number of unbranched alkanes of at least 4 members (excludes halogenated alkanes) is 1. The van der Waals surface area contributed by atoms with Crippen LogP contribution in [0.15, 0.2) is 42.5 Å². The summed E-state index contributed by atoms with van der Waals surface area (Å²) in [5, 5.41) is 21.6. The van der Waals surface area contributed by atoms with Gasteiger partial charge in [-0.3, -0.25) is 0 Å². The van der Waals surface area contributed by atoms with E-state index in [-0.39, 0.29) is 21.9 Å². The van der Waals surface area contributed by atoms with Crippen molar-refractivity contribution in [2.24, 2.45) is 11.8 Å². The van der Waals surface area contributed by atoms with E-state index >= 15 is 0 Å². The molecule has 0 amide bonds. The number of aromatic carboxylic acids is 1. The first-order valence-electron chi connectivity index (χ1n) is 13.4. The summed E-state index contributed by atoms with van der Waals surface area (Å²) < 4.78 is 6.44. The van der Waals surface area contributed by atoms with Gasteiger partial charge in [-0.1, -0.05) is 54.8 Å². The van der Waals surface area contributed by atoms with Crippen molar-refractivity contribution in [1.82, 2.24) is 0 Å². The third-order valence-electron chi connectivity index (χ3n) is 8.52. The van der Waals surface area contributed by atoms with Crippen LogP contribution in [0.25, 0.3) is 0 Å². The van der Waals surface area contributed by atoms with Gasteiger partial charge in [0.25, 0.3) is 0 Å². The average Bonchev–Trinajstić information content (AvgIpc) is 2.98. The fourth-order valence-electron chi connectivity index (χ4n) is 6.40. The van der Waals surface area contributed by atoms with Crippen molar-refractivity contribution < 1.29 is 19.7 Å². The number of aliphatic hydroxyl groups excluding tert-OH is 1. The van der Waals surface area contributed by atoms with Crippen molar-refractivity contribution in [3.8, 4) is 5.75 Å². The van der Waals surface area contributed by atoms with Gasteiger partial charge in [-0.2, -0.15) is 0 Å². The summed E-state index contributed by atoms with van der Waals surface area (Å²) in [5.41, 5.74) is 3.12. The SMILES string of the molecule is CCC/C=C/[C@H](O)[C@@H]1CC[C@H]1CN1C[C@@]2(CCCc3cc(Cl)ccc32)COc2cc(Cl)c(C(=O)O)cc21. The molecule has 37 heavy (non-hydrogen) atoms. The van der Waals surface area contributed by atoms with Crippen LogP contribution in [0.4, 0.5) is 5.69 Å². The molecule has 0 saturated heterocycles. The van der Waals surface area contributed by atoms with Crippen LogP contribution in [0.5, 0.6) is 5.75 Å². The van der Waals surface area contributed by atoms with Crippen molar-refractivity contribution in [2.75, 3.05) is 24.6 Å². The Kier molecular flexibility index (Phi) is 7.76. The summed E-state index contributed by atoms with van der Waals surface area (Å²) in [5.74, 6) is 0.0662. The second-order valence-electron chi connectivity index (χ2n) is 10.9. The van der Waals surface area contributed by atoms with Gasteiger partial charge in [-0.05, 0) is 79.7 Å². The predicted octanol–water partition coefficient (Wildman–Crippen LogP) is 6.91. The number of halogens is 2. The van der Waals surface area contributed by atoms with Crippen molar-refractivity contribution in [1.29, 1.82) is 0 Å². The van der Waals surface area contributed by atoms with Gasteiger partial charge in [0.2, 0.25) is 0 Å². The Morgan fingerprint density at radius 2 is 2.11 bits per heavy atom. The number of aliphatic hydroxyl groups is 1. The molecule has 1 aliphatic heterocycles. The molecule has 4 atom stereocenters. The molecule has 1 saturated carbocycles. The van der Waals surface area contributed by atoms with Crippen LogP contribution >= 0.6 is 23.2 Å². The van der Waals surface area contributed by atoms with E-state index in [0.717, 1.165) is 62.2 Å². The van der Waals surface area contributed by atoms with E-state index in [1.165, 1.54) is 11.1 Å². The molecule has 5 rings (SSSR count). The summed E-state index contributed by atoms with van der Waals surface area (Å²) >= 11 is 12.7. The molecular weight excluding hydrogens is 509 g/mol. The summed E-state index contributed by atoms with van der Waals surface area (Å²) in [4.78, 5) is 14.2. The number of rotatable bonds is 7. The fourth-order valence-corrected chi connectivity index (χ4v) is 6.83. The molecule has 2 aliphatic carbocycles. The van der Waals surface area contributed by atoms with E-state index in [1.807, 2.05) is 12.1 Å². The molecule has 2 aromatic rings. The lowest BCUT2D eigenvalue weighted by Gasteiger charge is -2.45. The fraction of sp³-hybridized carbons (Fsp3) is 0.500. The largest absolute Gasteiger partial charge is 0.490 e. The molecular formula is C30H35Cl2NO4. The molecule has 2 N–H and O–H groups in total. The number of nitrogens with zero attached hydrogens (tertiary/aromatic N) is 1. The van der Waals surface area contributed by atoms with Gasteiger partial charge in [0.15, 0.2) is 0 Å². The Morgan fingerprint density at radius 1 is 1.27 bits per heavy atom. The van der Waals surface area contributed by atoms with Crippen LogP contribution in [0.3, 0.4) is 0 Å². The molecule has 0 aromatic heterocycles. The van der Waals surface area contributed by atoms with Gasteiger partial charge in [0.1, 0.15) is 5.75 Å². The molecule has 1 fully saturated rings. The quantitative estimate of drug-likeness (QED) is 0.371. The number of allylic oxidation sites excluding steroid dienone is 1. The zero-order valence-corrected chi connectivity index (χ0v) is 22.8. The zero-order valence-electron chi connectivity index (χ0n) is 21.3. The van der Waals surface area contributed by atoms with Crippen LogP contribution in [0.2, 0.25) is 10.0 Å². The highest BCUT2D eigenvalue weighted by Gasteiger charge is 2.44. The van der Waals surface area contributed by atoms with Crippen molar-refractivity contribution in [3.63, 3.8) is 0 Å². The predicted molar refractivity (Wildman–Crippen MR) is 148 cm³/mol. The highest BCUT2D eigenvalue weighted by atomic mass is 35.5. The van der Waals surface area contributed by atoms with E-state index in [2.05, 4.69) is 30.0 Å². The Bertz CT molecular complexity index is 1200. The highest BCUT2D eigenvalue weighted by Crippen LogP contribution is 2.47. The van der Waals surface area contributed by atoms with Crippen molar-refractivity contribution in [2.45, 2.75) is 63.4 Å². The minimum atomic E-state index is -1.05. The lowest BCUT2D eigenvalue weighted by Crippen LogP contribution is -2.49. The first-order chi connectivity index (χ1) is 17.8. The van der Waals surface area contributed by atoms with Crippen LogP contribution < -0.4 is 9.64 Å².